The third kappa shape index (κ3) is 74.5. The molecule has 592 valence electrons. The first-order chi connectivity index (χ1) is 49.7. The summed E-state index contributed by atoms with van der Waals surface area (Å²) in [5.41, 5.74) is 0. The number of unbranched alkanes of at least 4 members (excludes halogenated alkanes) is 37. The number of phosphoric acid groups is 2. The van der Waals surface area contributed by atoms with Crippen molar-refractivity contribution in [2.45, 2.75) is 380 Å². The van der Waals surface area contributed by atoms with Crippen LogP contribution in [0.15, 0.2) is 85.1 Å². The number of carbonyl (C=O) groups excluding carboxylic acids is 4. The Morgan fingerprint density at radius 1 is 0.284 bits per heavy atom. The Bertz CT molecular complexity index is 2260. The molecule has 0 aliphatic carbocycles. The molecule has 0 bridgehead atoms. The minimum atomic E-state index is -4.99. The zero-order valence-electron chi connectivity index (χ0n) is 64.8. The predicted octanol–water partition coefficient (Wildman–Crippen LogP) is 23.8. The normalized spacial score (nSPS) is 14.3. The topological polar surface area (TPSA) is 237 Å². The van der Waals surface area contributed by atoms with Crippen LogP contribution in [-0.2, 0) is 65.4 Å². The van der Waals surface area contributed by atoms with Crippen molar-refractivity contribution in [2.75, 3.05) is 39.6 Å². The lowest BCUT2D eigenvalue weighted by molar-refractivity contribution is -0.161. The highest BCUT2D eigenvalue weighted by Crippen LogP contribution is 2.45. The van der Waals surface area contributed by atoms with E-state index in [1.165, 1.54) is 141 Å². The molecule has 0 fully saturated rings. The van der Waals surface area contributed by atoms with Crippen molar-refractivity contribution in [2.24, 2.45) is 0 Å². The highest BCUT2D eigenvalue weighted by Gasteiger charge is 2.30. The minimum Gasteiger partial charge on any atom is -0.462 e. The first-order valence-electron chi connectivity index (χ1n) is 40.8. The molecule has 3 N–H and O–H groups in total. The number of aliphatic hydroxyl groups excluding tert-OH is 1. The van der Waals surface area contributed by atoms with Gasteiger partial charge in [-0.15, -0.1) is 0 Å². The smallest absolute Gasteiger partial charge is 0.462 e. The lowest BCUT2D eigenvalue weighted by Gasteiger charge is -2.21. The van der Waals surface area contributed by atoms with Crippen LogP contribution in [0.3, 0.4) is 0 Å². The Kier molecular flexibility index (Phi) is 72.7. The van der Waals surface area contributed by atoms with E-state index in [0.717, 1.165) is 135 Å². The number of phosphoric ester groups is 2. The van der Waals surface area contributed by atoms with Crippen molar-refractivity contribution >= 4 is 39.5 Å². The molecule has 0 aliphatic rings. The van der Waals surface area contributed by atoms with Crippen LogP contribution in [0.1, 0.15) is 362 Å². The molecule has 0 spiro atoms. The number of ether oxygens (including phenoxy) is 4. The lowest BCUT2D eigenvalue weighted by Crippen LogP contribution is -2.30. The summed E-state index contributed by atoms with van der Waals surface area (Å²) in [6, 6.07) is 0. The molecular formula is C83H148O17P2. The molecule has 0 aromatic heterocycles. The molecule has 0 radical (unpaired) electrons. The fourth-order valence-corrected chi connectivity index (χ4v) is 12.7. The van der Waals surface area contributed by atoms with Gasteiger partial charge >= 0.3 is 39.5 Å². The molecule has 0 saturated heterocycles. The Hall–Kier alpha value is -3.76. The zero-order chi connectivity index (χ0) is 74.6. The first-order valence-corrected chi connectivity index (χ1v) is 43.8. The summed E-state index contributed by atoms with van der Waals surface area (Å²) in [6.07, 6.45) is 78.4. The molecule has 0 rings (SSSR count). The minimum absolute atomic E-state index is 0.0409. The molecular weight excluding hydrogens is 1330 g/mol. The van der Waals surface area contributed by atoms with E-state index in [2.05, 4.69) is 113 Å². The molecule has 102 heavy (non-hydrogen) atoms. The molecule has 5 atom stereocenters. The summed E-state index contributed by atoms with van der Waals surface area (Å²) in [7, 11) is -9.96. The average Bonchev–Trinajstić information content (AvgIpc) is 0.907. The monoisotopic (exact) mass is 1480 g/mol. The summed E-state index contributed by atoms with van der Waals surface area (Å²) < 4.78 is 68.6. The van der Waals surface area contributed by atoms with Crippen LogP contribution >= 0.6 is 15.6 Å². The molecule has 17 nitrogen and oxygen atoms in total. The van der Waals surface area contributed by atoms with E-state index in [9.17, 15) is 43.2 Å². The van der Waals surface area contributed by atoms with Gasteiger partial charge in [-0.3, -0.25) is 37.3 Å². The summed E-state index contributed by atoms with van der Waals surface area (Å²) in [6.45, 7) is 4.74. The highest BCUT2D eigenvalue weighted by molar-refractivity contribution is 7.47. The van der Waals surface area contributed by atoms with Gasteiger partial charge in [0.15, 0.2) is 12.2 Å². The molecule has 0 amide bonds. The van der Waals surface area contributed by atoms with E-state index in [0.29, 0.717) is 32.1 Å². The van der Waals surface area contributed by atoms with Gasteiger partial charge in [-0.25, -0.2) is 9.13 Å². The fourth-order valence-electron chi connectivity index (χ4n) is 11.2. The molecule has 19 heteroatoms. The standard InChI is InChI=1S/C83H148O17P2/c1-5-9-13-17-21-25-29-33-36-37-38-39-42-45-48-52-56-60-64-68-81(86)94-74-79(100-83(88)70-66-62-58-54-50-46-41-35-31-27-23-19-15-11-7-3)76-98-102(91,92)96-72-77(84)71-95-101(89,90)97-75-78(99-82(87)69-65-61-57-53-49-43-32-28-24-20-16-12-8-4)73-93-80(85)67-63-59-55-51-47-44-40-34-30-26-22-18-14-10-6-2/h11,15,21,23,25,27,33,35-36,38-39,41,50,54,77-79,84H,5-10,12-14,16-20,22,24,26,28-32,34,37,40,42-49,51-53,55-76H2,1-4H3,(H,89,90)(H,91,92)/b15-11-,25-21-,27-23-,36-33-,39-38-,41-35-,54-50-. The van der Waals surface area contributed by atoms with Gasteiger partial charge < -0.3 is 33.8 Å². The van der Waals surface area contributed by atoms with E-state index in [-0.39, 0.29) is 25.7 Å². The maximum absolute atomic E-state index is 13.1. The van der Waals surface area contributed by atoms with E-state index >= 15 is 0 Å². The van der Waals surface area contributed by atoms with Gasteiger partial charge in [-0.2, -0.15) is 0 Å². The van der Waals surface area contributed by atoms with Crippen molar-refractivity contribution in [3.8, 4) is 0 Å². The van der Waals surface area contributed by atoms with Crippen LogP contribution < -0.4 is 0 Å². The lowest BCUT2D eigenvalue weighted by atomic mass is 10.0. The summed E-state index contributed by atoms with van der Waals surface area (Å²) in [5.74, 6) is -2.21. The molecule has 0 heterocycles. The van der Waals surface area contributed by atoms with E-state index in [1.54, 1.807) is 0 Å². The Morgan fingerprint density at radius 3 is 0.824 bits per heavy atom. The van der Waals surface area contributed by atoms with Gasteiger partial charge in [0.05, 0.1) is 26.4 Å². The van der Waals surface area contributed by atoms with Crippen LogP contribution in [0.4, 0.5) is 0 Å². The molecule has 0 aromatic carbocycles. The van der Waals surface area contributed by atoms with Gasteiger partial charge in [-0.1, -0.05) is 318 Å². The number of carbonyl (C=O) groups is 4. The Labute approximate surface area is 621 Å². The van der Waals surface area contributed by atoms with Crippen molar-refractivity contribution in [3.05, 3.63) is 85.1 Å². The van der Waals surface area contributed by atoms with E-state index < -0.39 is 97.5 Å². The number of esters is 4. The second kappa shape index (κ2) is 75.5. The number of hydrogen-bond donors (Lipinski definition) is 3. The van der Waals surface area contributed by atoms with E-state index in [4.69, 9.17) is 37.0 Å². The second-order valence-electron chi connectivity index (χ2n) is 27.3. The largest absolute Gasteiger partial charge is 0.472 e. The number of hydrogen-bond acceptors (Lipinski definition) is 15. The third-order valence-electron chi connectivity index (χ3n) is 17.4. The van der Waals surface area contributed by atoms with Gasteiger partial charge in [-0.05, 0) is 103 Å². The summed E-state index contributed by atoms with van der Waals surface area (Å²) in [4.78, 5) is 73.0. The fraction of sp³-hybridized carbons (Fsp3) is 0.783. The first kappa shape index (κ1) is 98.2. The quantitative estimate of drug-likeness (QED) is 0.0169. The summed E-state index contributed by atoms with van der Waals surface area (Å²) in [5, 5.41) is 10.6. The number of allylic oxidation sites excluding steroid dienone is 14. The molecule has 5 unspecified atom stereocenters. The number of rotatable bonds is 77. The van der Waals surface area contributed by atoms with Crippen LogP contribution in [0.2, 0.25) is 0 Å². The van der Waals surface area contributed by atoms with Crippen LogP contribution in [0, 0.1) is 0 Å². The van der Waals surface area contributed by atoms with Gasteiger partial charge in [0.1, 0.15) is 19.3 Å². The van der Waals surface area contributed by atoms with Crippen LogP contribution in [0.25, 0.3) is 0 Å². The predicted molar refractivity (Wildman–Crippen MR) is 418 cm³/mol. The van der Waals surface area contributed by atoms with Gasteiger partial charge in [0.2, 0.25) is 0 Å². The highest BCUT2D eigenvalue weighted by atomic mass is 31.2. The second-order valence-corrected chi connectivity index (χ2v) is 30.3. The van der Waals surface area contributed by atoms with Crippen LogP contribution in [-0.4, -0.2) is 96.7 Å². The maximum atomic E-state index is 13.1. The average molecular weight is 1480 g/mol. The Balaban J connectivity index is 5.35. The van der Waals surface area contributed by atoms with Gasteiger partial charge in [0, 0.05) is 25.7 Å². The molecule has 0 aromatic rings. The molecule has 0 saturated carbocycles. The van der Waals surface area contributed by atoms with Crippen LogP contribution in [0.5, 0.6) is 0 Å². The van der Waals surface area contributed by atoms with Crippen molar-refractivity contribution < 1.29 is 80.2 Å². The SMILES string of the molecule is CC/C=C\C/C=C\C/C=C\C/C=C\CCCCC(=O)OC(COC(=O)CCCCCCCC/C=C\C/C=C\C/C=C\CCCCC)COP(=O)(O)OCC(O)COP(=O)(O)OCC(COC(=O)CCCCCCCCCCCCCCCCC)OC(=O)CCCCCCCCCCCCCCC. The van der Waals surface area contributed by atoms with Crippen molar-refractivity contribution in [1.82, 2.24) is 0 Å². The summed E-state index contributed by atoms with van der Waals surface area (Å²) >= 11 is 0. The zero-order valence-corrected chi connectivity index (χ0v) is 66.6. The number of aliphatic hydroxyl groups is 1. The molecule has 0 aliphatic heterocycles. The maximum Gasteiger partial charge on any atom is 0.472 e. The van der Waals surface area contributed by atoms with Crippen molar-refractivity contribution in [3.63, 3.8) is 0 Å². The third-order valence-corrected chi connectivity index (χ3v) is 19.3. The van der Waals surface area contributed by atoms with Gasteiger partial charge in [0.25, 0.3) is 0 Å². The van der Waals surface area contributed by atoms with E-state index in [1.807, 2.05) is 0 Å². The van der Waals surface area contributed by atoms with Crippen molar-refractivity contribution in [1.29, 1.82) is 0 Å². The Morgan fingerprint density at radius 2 is 0.510 bits per heavy atom.